The van der Waals surface area contributed by atoms with Gasteiger partial charge in [0, 0.05) is 42.7 Å². The molecular formula is C23H21ClF2N4O2S. The van der Waals surface area contributed by atoms with Crippen LogP contribution in [0.15, 0.2) is 41.9 Å². The molecule has 0 spiro atoms. The number of fused-ring (bicyclic) bond motifs is 2. The maximum atomic E-state index is 14.7. The van der Waals surface area contributed by atoms with E-state index < -0.39 is 17.0 Å². The Bertz CT molecular complexity index is 1180. The fourth-order valence-electron chi connectivity index (χ4n) is 4.62. The fraction of sp³-hybridized carbons (Fsp3) is 0.348. The van der Waals surface area contributed by atoms with Gasteiger partial charge in [-0.15, -0.1) is 11.3 Å². The molecule has 2 fully saturated rings. The van der Waals surface area contributed by atoms with E-state index in [1.54, 1.807) is 24.4 Å². The molecule has 2 unspecified atom stereocenters. The van der Waals surface area contributed by atoms with Gasteiger partial charge in [-0.3, -0.25) is 9.69 Å². The van der Waals surface area contributed by atoms with Gasteiger partial charge in [0.15, 0.2) is 5.13 Å². The first-order chi connectivity index (χ1) is 15.9. The van der Waals surface area contributed by atoms with Crippen LogP contribution in [0.5, 0.6) is 0 Å². The van der Waals surface area contributed by atoms with E-state index in [-0.39, 0.29) is 35.8 Å². The highest BCUT2D eigenvalue weighted by molar-refractivity contribution is 7.13. The van der Waals surface area contributed by atoms with Gasteiger partial charge < -0.3 is 10.1 Å². The minimum atomic E-state index is -0.861. The minimum Gasteiger partial charge on any atom is -0.464 e. The number of hydrogen-bond donors (Lipinski definition) is 1. The Morgan fingerprint density at radius 1 is 1.30 bits per heavy atom. The van der Waals surface area contributed by atoms with Crippen molar-refractivity contribution >= 4 is 39.9 Å². The van der Waals surface area contributed by atoms with Gasteiger partial charge in [0.25, 0.3) is 0 Å². The van der Waals surface area contributed by atoms with Crippen molar-refractivity contribution in [3.05, 3.63) is 69.8 Å². The summed E-state index contributed by atoms with van der Waals surface area (Å²) >= 11 is 7.34. The molecule has 2 atom stereocenters. The number of carbonyl (C=O) groups excluding carboxylic acids is 1. The molecule has 2 aliphatic rings. The summed E-state index contributed by atoms with van der Waals surface area (Å²) in [7, 11) is 0. The number of piperidine rings is 1. The second-order valence-corrected chi connectivity index (χ2v) is 9.74. The molecule has 10 heteroatoms. The molecule has 3 aromatic rings. The smallest absolute Gasteiger partial charge is 0.312 e. The highest BCUT2D eigenvalue weighted by Crippen LogP contribution is 2.43. The number of cyclic esters (lactones) is 1. The highest BCUT2D eigenvalue weighted by Gasteiger charge is 2.50. The van der Waals surface area contributed by atoms with Crippen molar-refractivity contribution < 1.29 is 18.3 Å². The highest BCUT2D eigenvalue weighted by atomic mass is 35.5. The molecule has 0 radical (unpaired) electrons. The molecule has 2 aliphatic heterocycles. The Morgan fingerprint density at radius 2 is 2.18 bits per heavy atom. The van der Waals surface area contributed by atoms with Crippen LogP contribution in [0.3, 0.4) is 0 Å². The summed E-state index contributed by atoms with van der Waals surface area (Å²) < 4.78 is 34.6. The molecule has 4 heterocycles. The first-order valence-corrected chi connectivity index (χ1v) is 11.9. The number of anilines is 2. The van der Waals surface area contributed by atoms with Crippen LogP contribution in [0.2, 0.25) is 5.02 Å². The van der Waals surface area contributed by atoms with Gasteiger partial charge in [0.1, 0.15) is 24.1 Å². The van der Waals surface area contributed by atoms with E-state index in [1.165, 1.54) is 23.5 Å². The summed E-state index contributed by atoms with van der Waals surface area (Å²) in [4.78, 5) is 23.5. The minimum absolute atomic E-state index is 0.0849. The third-order valence-electron chi connectivity index (χ3n) is 6.36. The summed E-state index contributed by atoms with van der Waals surface area (Å²) in [5.74, 6) is -0.758. The molecule has 5 rings (SSSR count). The third-order valence-corrected chi connectivity index (χ3v) is 7.34. The quantitative estimate of drug-likeness (QED) is 0.492. The number of nitrogens with zero attached hydrogens (tertiary/aromatic N) is 3. The second kappa shape index (κ2) is 8.96. The molecular weight excluding hydrogens is 470 g/mol. The lowest BCUT2D eigenvalue weighted by molar-refractivity contribution is -0.175. The zero-order chi connectivity index (χ0) is 23.0. The van der Waals surface area contributed by atoms with Gasteiger partial charge in [0.2, 0.25) is 0 Å². The number of thiazole rings is 1. The molecule has 1 aromatic carbocycles. The maximum absolute atomic E-state index is 14.7. The Morgan fingerprint density at radius 3 is 3.00 bits per heavy atom. The van der Waals surface area contributed by atoms with Crippen LogP contribution < -0.4 is 5.32 Å². The van der Waals surface area contributed by atoms with Crippen molar-refractivity contribution in [3.63, 3.8) is 0 Å². The zero-order valence-corrected chi connectivity index (χ0v) is 19.1. The third kappa shape index (κ3) is 4.45. The molecule has 172 valence electrons. The number of carbonyl (C=O) groups is 1. The van der Waals surface area contributed by atoms with Crippen LogP contribution >= 0.6 is 22.9 Å². The van der Waals surface area contributed by atoms with Gasteiger partial charge in [-0.2, -0.15) is 0 Å². The Hall–Kier alpha value is -2.62. The van der Waals surface area contributed by atoms with Crippen LogP contribution in [0, 0.1) is 17.0 Å². The summed E-state index contributed by atoms with van der Waals surface area (Å²) in [6.45, 7) is 1.15. The van der Waals surface area contributed by atoms with Gasteiger partial charge >= 0.3 is 5.97 Å². The number of halogens is 3. The average molecular weight is 491 g/mol. The van der Waals surface area contributed by atoms with Crippen molar-refractivity contribution in [2.24, 2.45) is 5.41 Å². The second-order valence-electron chi connectivity index (χ2n) is 8.43. The van der Waals surface area contributed by atoms with Crippen LogP contribution in [0.1, 0.15) is 24.1 Å². The molecule has 6 nitrogen and oxygen atoms in total. The molecule has 33 heavy (non-hydrogen) atoms. The van der Waals surface area contributed by atoms with Gasteiger partial charge in [0.05, 0.1) is 16.1 Å². The van der Waals surface area contributed by atoms with E-state index in [4.69, 9.17) is 16.3 Å². The average Bonchev–Trinajstić information content (AvgIpc) is 3.31. The van der Waals surface area contributed by atoms with E-state index in [9.17, 15) is 13.6 Å². The molecule has 0 amide bonds. The van der Waals surface area contributed by atoms with Crippen molar-refractivity contribution in [1.29, 1.82) is 0 Å². The normalized spacial score (nSPS) is 22.8. The number of benzene rings is 1. The molecule has 1 N–H and O–H groups in total. The number of nitrogens with one attached hydrogen (secondary N) is 1. The molecule has 0 aliphatic carbocycles. The van der Waals surface area contributed by atoms with E-state index >= 15 is 0 Å². The SMILES string of the molecule is O=C1OCC2CC1(Cc1nc(Nc3nccs3)ccc1F)CCN2Cc1cccc(Cl)c1F. The van der Waals surface area contributed by atoms with Crippen molar-refractivity contribution in [1.82, 2.24) is 14.9 Å². The van der Waals surface area contributed by atoms with Crippen LogP contribution in [-0.4, -0.2) is 40.0 Å². The van der Waals surface area contributed by atoms with E-state index in [0.717, 1.165) is 0 Å². The number of hydrogen-bond acceptors (Lipinski definition) is 7. The van der Waals surface area contributed by atoms with E-state index in [2.05, 4.69) is 20.2 Å². The van der Waals surface area contributed by atoms with Crippen molar-refractivity contribution in [3.8, 4) is 0 Å². The molecule has 2 bridgehead atoms. The molecule has 2 aromatic heterocycles. The fourth-order valence-corrected chi connectivity index (χ4v) is 5.35. The van der Waals surface area contributed by atoms with E-state index in [1.807, 2.05) is 5.38 Å². The van der Waals surface area contributed by atoms with Crippen molar-refractivity contribution in [2.75, 3.05) is 18.5 Å². The number of aromatic nitrogens is 2. The zero-order valence-electron chi connectivity index (χ0n) is 17.6. The van der Waals surface area contributed by atoms with Gasteiger partial charge in [-0.1, -0.05) is 23.7 Å². The lowest BCUT2D eigenvalue weighted by atomic mass is 9.70. The summed E-state index contributed by atoms with van der Waals surface area (Å²) in [5.41, 5.74) is -0.149. The first-order valence-electron chi connectivity index (χ1n) is 10.6. The van der Waals surface area contributed by atoms with Gasteiger partial charge in [-0.25, -0.2) is 18.7 Å². The largest absolute Gasteiger partial charge is 0.464 e. The number of ether oxygens (including phenoxy) is 1. The van der Waals surface area contributed by atoms with Gasteiger partial charge in [-0.05, 0) is 31.0 Å². The van der Waals surface area contributed by atoms with E-state index in [0.29, 0.717) is 42.4 Å². The molecule has 2 saturated heterocycles. The monoisotopic (exact) mass is 490 g/mol. The predicted molar refractivity (Wildman–Crippen MR) is 122 cm³/mol. The number of esters is 1. The predicted octanol–water partition coefficient (Wildman–Crippen LogP) is 4.96. The lowest BCUT2D eigenvalue weighted by Crippen LogP contribution is -2.57. The van der Waals surface area contributed by atoms with Crippen LogP contribution in [0.25, 0.3) is 0 Å². The topological polar surface area (TPSA) is 67.3 Å². The Balaban J connectivity index is 1.35. The van der Waals surface area contributed by atoms with Crippen LogP contribution in [0.4, 0.5) is 19.7 Å². The lowest BCUT2D eigenvalue weighted by Gasteiger charge is -2.48. The number of pyridine rings is 1. The molecule has 0 saturated carbocycles. The van der Waals surface area contributed by atoms with Crippen molar-refractivity contribution in [2.45, 2.75) is 31.8 Å². The first kappa shape index (κ1) is 22.2. The standard InChI is InChI=1S/C23H21ClF2N4O2S/c24-16-3-1-2-14(20(16)26)12-30-8-6-23(10-15(30)13-32-21(23)31)11-18-17(25)4-5-19(28-18)29-22-27-7-9-33-22/h1-5,7,9,15H,6,8,10-13H2,(H,27,28,29). The Labute approximate surface area is 198 Å². The van der Waals surface area contributed by atoms with Crippen LogP contribution in [-0.2, 0) is 22.5 Å². The number of likely N-dealkylation sites (tertiary alicyclic amines) is 1. The number of rotatable bonds is 6. The Kier molecular flexibility index (Phi) is 6.03. The summed E-state index contributed by atoms with van der Waals surface area (Å²) in [6.07, 6.45) is 2.77. The summed E-state index contributed by atoms with van der Waals surface area (Å²) in [6, 6.07) is 7.74. The maximum Gasteiger partial charge on any atom is 0.312 e. The summed E-state index contributed by atoms with van der Waals surface area (Å²) in [5, 5.41) is 5.62.